The Hall–Kier alpha value is -0.470. The summed E-state index contributed by atoms with van der Waals surface area (Å²) in [5.74, 6) is 0.921. The molecule has 0 spiro atoms. The summed E-state index contributed by atoms with van der Waals surface area (Å²) < 4.78 is 0. The molecule has 1 aromatic rings. The van der Waals surface area contributed by atoms with Gasteiger partial charge >= 0.3 is 0 Å². The second-order valence-electron chi connectivity index (χ2n) is 4.18. The van der Waals surface area contributed by atoms with Crippen LogP contribution >= 0.6 is 12.6 Å². The monoisotopic (exact) mass is 221 g/mol. The van der Waals surface area contributed by atoms with Crippen molar-refractivity contribution in [1.82, 2.24) is 5.32 Å². The molecule has 1 aliphatic carbocycles. The van der Waals surface area contributed by atoms with Crippen molar-refractivity contribution >= 4 is 12.6 Å². The molecule has 0 amide bonds. The summed E-state index contributed by atoms with van der Waals surface area (Å²) >= 11 is 4.17. The molecule has 0 fully saturated rings. The van der Waals surface area contributed by atoms with E-state index in [0.29, 0.717) is 0 Å². The van der Waals surface area contributed by atoms with Crippen molar-refractivity contribution in [3.8, 4) is 0 Å². The molecule has 0 heterocycles. The van der Waals surface area contributed by atoms with Crippen molar-refractivity contribution < 1.29 is 0 Å². The van der Waals surface area contributed by atoms with Gasteiger partial charge in [0.05, 0.1) is 0 Å². The fraction of sp³-hybridized carbons (Fsp3) is 0.538. The summed E-state index contributed by atoms with van der Waals surface area (Å²) in [6.07, 6.45) is 5.05. The highest BCUT2D eigenvalue weighted by Gasteiger charge is 2.10. The van der Waals surface area contributed by atoms with Gasteiger partial charge < -0.3 is 5.32 Å². The fourth-order valence-electron chi connectivity index (χ4n) is 2.22. The summed E-state index contributed by atoms with van der Waals surface area (Å²) in [5, 5.41) is 3.37. The summed E-state index contributed by atoms with van der Waals surface area (Å²) in [6, 6.07) is 6.99. The zero-order valence-corrected chi connectivity index (χ0v) is 10.0. The van der Waals surface area contributed by atoms with E-state index in [9.17, 15) is 0 Å². The van der Waals surface area contributed by atoms with E-state index in [1.807, 2.05) is 0 Å². The lowest BCUT2D eigenvalue weighted by atomic mass is 10.0. The molecular weight excluding hydrogens is 202 g/mol. The zero-order valence-electron chi connectivity index (χ0n) is 9.13. The van der Waals surface area contributed by atoms with E-state index in [1.54, 1.807) is 11.1 Å². The molecule has 15 heavy (non-hydrogen) atoms. The Morgan fingerprint density at radius 1 is 1.13 bits per heavy atom. The average Bonchev–Trinajstić information content (AvgIpc) is 2.71. The van der Waals surface area contributed by atoms with E-state index in [-0.39, 0.29) is 0 Å². The normalized spacial score (nSPS) is 14.2. The first-order valence-corrected chi connectivity index (χ1v) is 6.45. The maximum absolute atomic E-state index is 4.17. The molecule has 0 aliphatic heterocycles. The smallest absolute Gasteiger partial charge is 0.00398 e. The number of hydrogen-bond donors (Lipinski definition) is 2. The van der Waals surface area contributed by atoms with Crippen LogP contribution < -0.4 is 5.32 Å². The van der Waals surface area contributed by atoms with Crippen LogP contribution in [0.1, 0.15) is 23.1 Å². The van der Waals surface area contributed by atoms with Crippen molar-refractivity contribution in [2.24, 2.45) is 0 Å². The maximum Gasteiger partial charge on any atom is 0.00398 e. The van der Waals surface area contributed by atoms with E-state index in [4.69, 9.17) is 0 Å². The number of rotatable bonds is 5. The highest BCUT2D eigenvalue weighted by Crippen LogP contribution is 2.22. The van der Waals surface area contributed by atoms with Gasteiger partial charge in [-0.15, -0.1) is 0 Å². The van der Waals surface area contributed by atoms with Crippen LogP contribution in [0, 0.1) is 0 Å². The highest BCUT2D eigenvalue weighted by molar-refractivity contribution is 7.80. The van der Waals surface area contributed by atoms with Crippen LogP contribution in [0.15, 0.2) is 18.2 Å². The Morgan fingerprint density at radius 3 is 2.87 bits per heavy atom. The van der Waals surface area contributed by atoms with Crippen molar-refractivity contribution in [2.75, 3.05) is 18.8 Å². The van der Waals surface area contributed by atoms with Gasteiger partial charge in [-0.05, 0) is 48.9 Å². The van der Waals surface area contributed by atoms with Crippen molar-refractivity contribution in [2.45, 2.75) is 25.7 Å². The van der Waals surface area contributed by atoms with Gasteiger partial charge in [-0.25, -0.2) is 0 Å². The molecule has 2 rings (SSSR count). The van der Waals surface area contributed by atoms with E-state index >= 15 is 0 Å². The third kappa shape index (κ3) is 2.99. The summed E-state index contributed by atoms with van der Waals surface area (Å²) in [5.41, 5.74) is 4.63. The van der Waals surface area contributed by atoms with Crippen LogP contribution in [0.3, 0.4) is 0 Å². The SMILES string of the molecule is SCCNCCc1ccc2c(c1)CCC2. The molecule has 0 radical (unpaired) electrons. The second kappa shape index (κ2) is 5.57. The number of thiol groups is 1. The molecular formula is C13H19NS. The minimum Gasteiger partial charge on any atom is -0.316 e. The Labute approximate surface area is 97.7 Å². The van der Waals surface area contributed by atoms with Gasteiger partial charge in [0.2, 0.25) is 0 Å². The lowest BCUT2D eigenvalue weighted by molar-refractivity contribution is 0.721. The lowest BCUT2D eigenvalue weighted by Gasteiger charge is -2.05. The first-order chi connectivity index (χ1) is 7.40. The van der Waals surface area contributed by atoms with E-state index in [0.717, 1.165) is 25.3 Å². The molecule has 1 aliphatic rings. The van der Waals surface area contributed by atoms with Gasteiger partial charge in [0.25, 0.3) is 0 Å². The zero-order chi connectivity index (χ0) is 10.5. The van der Waals surface area contributed by atoms with Crippen molar-refractivity contribution in [1.29, 1.82) is 0 Å². The number of aryl methyl sites for hydroxylation is 2. The summed E-state index contributed by atoms with van der Waals surface area (Å²) in [4.78, 5) is 0. The predicted octanol–water partition coefficient (Wildman–Crippen LogP) is 2.24. The molecule has 1 nitrogen and oxygen atoms in total. The second-order valence-corrected chi connectivity index (χ2v) is 4.63. The molecule has 2 heteroatoms. The van der Waals surface area contributed by atoms with Gasteiger partial charge in [0.1, 0.15) is 0 Å². The van der Waals surface area contributed by atoms with Gasteiger partial charge in [0, 0.05) is 12.3 Å². The minimum absolute atomic E-state index is 0.921. The number of benzene rings is 1. The maximum atomic E-state index is 4.17. The van der Waals surface area contributed by atoms with Crippen LogP contribution in [-0.2, 0) is 19.3 Å². The topological polar surface area (TPSA) is 12.0 Å². The van der Waals surface area contributed by atoms with Gasteiger partial charge in [0.15, 0.2) is 0 Å². The standard InChI is InChI=1S/C13H19NS/c15-9-8-14-7-6-11-4-5-12-2-1-3-13(12)10-11/h4-5,10,14-15H,1-3,6-9H2. The molecule has 0 saturated heterocycles. The van der Waals surface area contributed by atoms with Crippen LogP contribution in [0.4, 0.5) is 0 Å². The quantitative estimate of drug-likeness (QED) is 0.574. The largest absolute Gasteiger partial charge is 0.316 e. The molecule has 0 aromatic heterocycles. The van der Waals surface area contributed by atoms with Crippen LogP contribution in [0.25, 0.3) is 0 Å². The van der Waals surface area contributed by atoms with Crippen molar-refractivity contribution in [3.05, 3.63) is 34.9 Å². The number of hydrogen-bond acceptors (Lipinski definition) is 2. The number of fused-ring (bicyclic) bond motifs is 1. The molecule has 0 atom stereocenters. The Morgan fingerprint density at radius 2 is 2.00 bits per heavy atom. The van der Waals surface area contributed by atoms with E-state index in [1.165, 1.54) is 24.8 Å². The highest BCUT2D eigenvalue weighted by atomic mass is 32.1. The number of nitrogens with one attached hydrogen (secondary N) is 1. The first-order valence-electron chi connectivity index (χ1n) is 5.82. The molecule has 1 N–H and O–H groups in total. The van der Waals surface area contributed by atoms with Crippen LogP contribution in [0.5, 0.6) is 0 Å². The van der Waals surface area contributed by atoms with Crippen molar-refractivity contribution in [3.63, 3.8) is 0 Å². The summed E-state index contributed by atoms with van der Waals surface area (Å²) in [7, 11) is 0. The molecule has 0 saturated carbocycles. The van der Waals surface area contributed by atoms with Gasteiger partial charge in [-0.3, -0.25) is 0 Å². The van der Waals surface area contributed by atoms with Gasteiger partial charge in [-0.2, -0.15) is 12.6 Å². The minimum atomic E-state index is 0.921. The molecule has 82 valence electrons. The van der Waals surface area contributed by atoms with E-state index in [2.05, 4.69) is 36.1 Å². The fourth-order valence-corrected chi connectivity index (χ4v) is 2.38. The third-order valence-electron chi connectivity index (χ3n) is 3.04. The Balaban J connectivity index is 1.87. The molecule has 0 bridgehead atoms. The average molecular weight is 221 g/mol. The van der Waals surface area contributed by atoms with E-state index < -0.39 is 0 Å². The Kier molecular flexibility index (Phi) is 4.09. The third-order valence-corrected chi connectivity index (χ3v) is 3.27. The van der Waals surface area contributed by atoms with Crippen LogP contribution in [-0.4, -0.2) is 18.8 Å². The molecule has 0 unspecified atom stereocenters. The predicted molar refractivity (Wildman–Crippen MR) is 68.9 cm³/mol. The summed E-state index contributed by atoms with van der Waals surface area (Å²) in [6.45, 7) is 2.08. The van der Waals surface area contributed by atoms with Gasteiger partial charge in [-0.1, -0.05) is 18.2 Å². The Bertz CT molecular complexity index is 322. The first kappa shape index (κ1) is 11.0. The lowest BCUT2D eigenvalue weighted by Crippen LogP contribution is -2.19. The molecule has 1 aromatic carbocycles. The van der Waals surface area contributed by atoms with Crippen LogP contribution in [0.2, 0.25) is 0 Å².